The predicted octanol–water partition coefficient (Wildman–Crippen LogP) is 2.55. The normalized spacial score (nSPS) is 11.7. The monoisotopic (exact) mass is 368 g/mol. The van der Waals surface area contributed by atoms with Crippen molar-refractivity contribution in [3.8, 4) is 0 Å². The lowest BCUT2D eigenvalue weighted by Crippen LogP contribution is -2.31. The number of rotatable bonds is 4. The maximum atomic E-state index is 12.6. The zero-order chi connectivity index (χ0) is 18.7. The van der Waals surface area contributed by atoms with E-state index >= 15 is 0 Å². The fourth-order valence-corrected chi connectivity index (χ4v) is 3.56. The number of benzene rings is 2. The number of nitrogens with zero attached hydrogens (tertiary/aromatic N) is 2. The van der Waals surface area contributed by atoms with Crippen LogP contribution in [-0.4, -0.2) is 22.9 Å². The van der Waals surface area contributed by atoms with Crippen molar-refractivity contribution in [2.45, 2.75) is 11.8 Å². The average molecular weight is 368 g/mol. The fourth-order valence-electron chi connectivity index (χ4n) is 2.35. The number of imidazole rings is 1. The van der Waals surface area contributed by atoms with Gasteiger partial charge < -0.3 is 0 Å². The molecule has 132 valence electrons. The maximum Gasteiger partial charge on any atom is 0.349 e. The molecule has 1 heterocycles. The van der Waals surface area contributed by atoms with Gasteiger partial charge in [-0.2, -0.15) is 3.97 Å². The lowest BCUT2D eigenvalue weighted by molar-refractivity contribution is 0.0966. The largest absolute Gasteiger partial charge is 0.349 e. The van der Waals surface area contributed by atoms with Crippen LogP contribution < -0.4 is 5.69 Å². The molecule has 1 aromatic heterocycles. The van der Waals surface area contributed by atoms with Gasteiger partial charge >= 0.3 is 5.69 Å². The van der Waals surface area contributed by atoms with Gasteiger partial charge in [-0.15, -0.1) is 0 Å². The summed E-state index contributed by atoms with van der Waals surface area (Å²) in [4.78, 5) is 24.6. The summed E-state index contributed by atoms with van der Waals surface area (Å²) in [6.07, 6.45) is 5.00. The Morgan fingerprint density at radius 2 is 1.62 bits per heavy atom. The van der Waals surface area contributed by atoms with Gasteiger partial charge in [0.15, 0.2) is 0 Å². The van der Waals surface area contributed by atoms with E-state index < -0.39 is 21.6 Å². The molecule has 0 radical (unpaired) electrons. The molecule has 26 heavy (non-hydrogen) atoms. The Kier molecular flexibility index (Phi) is 4.73. The highest BCUT2D eigenvalue weighted by molar-refractivity contribution is 7.90. The van der Waals surface area contributed by atoms with Crippen LogP contribution in [0.5, 0.6) is 0 Å². The van der Waals surface area contributed by atoms with Crippen molar-refractivity contribution in [1.29, 1.82) is 0 Å². The van der Waals surface area contributed by atoms with E-state index in [9.17, 15) is 18.0 Å². The minimum absolute atomic E-state index is 0.0183. The molecular weight excluding hydrogens is 352 g/mol. The first-order valence-electron chi connectivity index (χ1n) is 7.79. The maximum absolute atomic E-state index is 12.6. The highest BCUT2D eigenvalue weighted by Gasteiger charge is 2.21. The van der Waals surface area contributed by atoms with Gasteiger partial charge in [0.1, 0.15) is 0 Å². The van der Waals surface area contributed by atoms with Crippen LogP contribution in [0.25, 0.3) is 6.08 Å². The zero-order valence-corrected chi connectivity index (χ0v) is 14.8. The van der Waals surface area contributed by atoms with E-state index in [2.05, 4.69) is 0 Å². The molecule has 0 spiro atoms. The number of aryl methyl sites for hydroxylation is 1. The molecule has 0 atom stereocenters. The minimum atomic E-state index is -4.06. The van der Waals surface area contributed by atoms with Crippen molar-refractivity contribution in [3.05, 3.63) is 94.7 Å². The Hall–Kier alpha value is -3.19. The number of allylic oxidation sites excluding steroid dienone is 1. The zero-order valence-electron chi connectivity index (χ0n) is 13.9. The van der Waals surface area contributed by atoms with Gasteiger partial charge in [0.2, 0.25) is 0 Å². The van der Waals surface area contributed by atoms with Crippen LogP contribution in [0.3, 0.4) is 0 Å². The van der Waals surface area contributed by atoms with Crippen molar-refractivity contribution in [2.24, 2.45) is 0 Å². The first-order chi connectivity index (χ1) is 12.4. The van der Waals surface area contributed by atoms with Crippen molar-refractivity contribution in [2.75, 3.05) is 0 Å². The first kappa shape index (κ1) is 17.6. The molecule has 6 nitrogen and oxygen atoms in total. The van der Waals surface area contributed by atoms with Crippen LogP contribution in [0.15, 0.2) is 82.8 Å². The number of hydrogen-bond donors (Lipinski definition) is 0. The van der Waals surface area contributed by atoms with Gasteiger partial charge in [-0.25, -0.2) is 17.8 Å². The van der Waals surface area contributed by atoms with Gasteiger partial charge in [0.25, 0.3) is 15.9 Å². The second-order valence-electron chi connectivity index (χ2n) is 5.65. The van der Waals surface area contributed by atoms with Crippen LogP contribution in [-0.2, 0) is 10.0 Å². The topological polar surface area (TPSA) is 78.1 Å². The van der Waals surface area contributed by atoms with Crippen molar-refractivity contribution < 1.29 is 13.2 Å². The molecule has 3 aromatic rings. The Labute approximate surface area is 150 Å². The molecule has 0 aliphatic rings. The standard InChI is InChI=1S/C19H16N2O4S/c1-15-7-10-17(11-8-15)26(24,25)21-14-13-20(19(21)23)18(22)12-9-16-5-3-2-4-6-16/h2-14H,1H3. The molecule has 0 amide bonds. The lowest BCUT2D eigenvalue weighted by Gasteiger charge is -2.04. The van der Waals surface area contributed by atoms with Crippen LogP contribution in [0.4, 0.5) is 0 Å². The molecule has 0 aliphatic heterocycles. The van der Waals surface area contributed by atoms with Gasteiger partial charge in [-0.1, -0.05) is 48.0 Å². The van der Waals surface area contributed by atoms with Crippen molar-refractivity contribution in [1.82, 2.24) is 8.54 Å². The first-order valence-corrected chi connectivity index (χ1v) is 9.23. The van der Waals surface area contributed by atoms with Crippen LogP contribution in [0.1, 0.15) is 15.9 Å². The van der Waals surface area contributed by atoms with Crippen LogP contribution in [0.2, 0.25) is 0 Å². The van der Waals surface area contributed by atoms with E-state index in [1.807, 2.05) is 25.1 Å². The minimum Gasteiger partial charge on any atom is -0.269 e. The number of carbonyl (C=O) groups is 1. The third-order valence-electron chi connectivity index (χ3n) is 3.78. The molecule has 0 bridgehead atoms. The smallest absolute Gasteiger partial charge is 0.269 e. The Morgan fingerprint density at radius 1 is 0.962 bits per heavy atom. The molecule has 0 aliphatic carbocycles. The summed E-state index contributed by atoms with van der Waals surface area (Å²) in [5.41, 5.74) is 0.754. The highest BCUT2D eigenvalue weighted by Crippen LogP contribution is 2.13. The fraction of sp³-hybridized carbons (Fsp3) is 0.0526. The Bertz CT molecular complexity index is 1120. The summed E-state index contributed by atoms with van der Waals surface area (Å²) in [5.74, 6) is -0.628. The van der Waals surface area contributed by atoms with E-state index in [-0.39, 0.29) is 4.90 Å². The summed E-state index contributed by atoms with van der Waals surface area (Å²) >= 11 is 0. The van der Waals surface area contributed by atoms with Crippen LogP contribution in [0, 0.1) is 6.92 Å². The van der Waals surface area contributed by atoms with Crippen LogP contribution >= 0.6 is 0 Å². The summed E-state index contributed by atoms with van der Waals surface area (Å²) in [5, 5.41) is 0. The second kappa shape index (κ2) is 6.97. The SMILES string of the molecule is Cc1ccc(S(=O)(=O)n2ccn(C(=O)C=Cc3ccccc3)c2=O)cc1. The lowest BCUT2D eigenvalue weighted by atomic mass is 10.2. The van der Waals surface area contributed by atoms with E-state index in [4.69, 9.17) is 0 Å². The highest BCUT2D eigenvalue weighted by atomic mass is 32.2. The van der Waals surface area contributed by atoms with Crippen molar-refractivity contribution >= 4 is 22.0 Å². The molecular formula is C19H16N2O4S. The molecule has 7 heteroatoms. The Balaban J connectivity index is 1.93. The number of carbonyl (C=O) groups excluding carboxylic acids is 1. The van der Waals surface area contributed by atoms with Gasteiger partial charge in [0.05, 0.1) is 4.90 Å². The van der Waals surface area contributed by atoms with Gasteiger partial charge in [0, 0.05) is 18.5 Å². The average Bonchev–Trinajstić information content (AvgIpc) is 3.03. The predicted molar refractivity (Wildman–Crippen MR) is 98.6 cm³/mol. The summed E-state index contributed by atoms with van der Waals surface area (Å²) in [6.45, 7) is 1.83. The van der Waals surface area contributed by atoms with E-state index in [0.29, 0.717) is 3.97 Å². The molecule has 0 N–H and O–H groups in total. The van der Waals surface area contributed by atoms with Gasteiger partial charge in [-0.3, -0.25) is 4.79 Å². The second-order valence-corrected chi connectivity index (χ2v) is 7.46. The van der Waals surface area contributed by atoms with E-state index in [1.165, 1.54) is 18.2 Å². The third kappa shape index (κ3) is 3.43. The number of hydrogen-bond acceptors (Lipinski definition) is 4. The summed E-state index contributed by atoms with van der Waals surface area (Å²) in [7, 11) is -4.06. The van der Waals surface area contributed by atoms with E-state index in [0.717, 1.165) is 28.1 Å². The molecule has 2 aromatic carbocycles. The molecule has 0 fully saturated rings. The number of aromatic nitrogens is 2. The molecule has 0 unspecified atom stereocenters. The van der Waals surface area contributed by atoms with Gasteiger partial charge in [-0.05, 0) is 30.7 Å². The summed E-state index contributed by atoms with van der Waals surface area (Å²) in [6, 6.07) is 15.2. The quantitative estimate of drug-likeness (QED) is 0.663. The van der Waals surface area contributed by atoms with E-state index in [1.54, 1.807) is 30.3 Å². The molecule has 0 saturated carbocycles. The summed E-state index contributed by atoms with van der Waals surface area (Å²) < 4.78 is 26.5. The van der Waals surface area contributed by atoms with Crippen molar-refractivity contribution in [3.63, 3.8) is 0 Å². The third-order valence-corrected chi connectivity index (χ3v) is 5.44. The Morgan fingerprint density at radius 3 is 2.27 bits per heavy atom. The molecule has 0 saturated heterocycles. The molecule has 3 rings (SSSR count).